The van der Waals surface area contributed by atoms with E-state index in [1.165, 1.54) is 6.07 Å². The number of benzene rings is 2. The second-order valence-electron chi connectivity index (χ2n) is 3.65. The van der Waals surface area contributed by atoms with Crippen molar-refractivity contribution in [2.75, 3.05) is 0 Å². The van der Waals surface area contributed by atoms with E-state index in [4.69, 9.17) is 4.52 Å². The maximum absolute atomic E-state index is 13.7. The minimum absolute atomic E-state index is 0.314. The van der Waals surface area contributed by atoms with Gasteiger partial charge >= 0.3 is 0 Å². The molecular weight excluding hydrogens is 285 g/mol. The Kier molecular flexibility index (Phi) is 2.44. The first kappa shape index (κ1) is 10.5. The van der Waals surface area contributed by atoms with Crippen molar-refractivity contribution in [1.82, 2.24) is 5.16 Å². The van der Waals surface area contributed by atoms with Crippen LogP contribution in [0, 0.1) is 5.82 Å². The molecule has 0 aliphatic rings. The number of rotatable bonds is 1. The molecule has 0 amide bonds. The summed E-state index contributed by atoms with van der Waals surface area (Å²) in [5, 5.41) is 4.71. The number of nitrogens with zero attached hydrogens (tertiary/aromatic N) is 1. The smallest absolute Gasteiger partial charge is 0.177 e. The lowest BCUT2D eigenvalue weighted by molar-refractivity contribution is 0.438. The van der Waals surface area contributed by atoms with Crippen LogP contribution in [0.15, 0.2) is 51.5 Å². The fourth-order valence-corrected chi connectivity index (χ4v) is 2.11. The zero-order valence-corrected chi connectivity index (χ0v) is 10.2. The third kappa shape index (κ3) is 1.74. The first-order valence-electron chi connectivity index (χ1n) is 5.05. The summed E-state index contributed by atoms with van der Waals surface area (Å²) in [5.41, 5.74) is 1.14. The summed E-state index contributed by atoms with van der Waals surface area (Å²) >= 11 is 3.38. The largest absolute Gasteiger partial charge is 0.355 e. The number of fused-ring (bicyclic) bond motifs is 1. The van der Waals surface area contributed by atoms with Gasteiger partial charge in [0.05, 0.1) is 10.9 Å². The Balaban J connectivity index is 2.31. The van der Waals surface area contributed by atoms with Gasteiger partial charge in [-0.25, -0.2) is 4.39 Å². The van der Waals surface area contributed by atoms with Crippen molar-refractivity contribution >= 4 is 26.8 Å². The second kappa shape index (κ2) is 3.96. The molecule has 17 heavy (non-hydrogen) atoms. The van der Waals surface area contributed by atoms with Crippen LogP contribution in [0.25, 0.3) is 22.2 Å². The molecule has 0 atom stereocenters. The Hall–Kier alpha value is -1.68. The quantitative estimate of drug-likeness (QED) is 0.664. The molecule has 0 saturated heterocycles. The van der Waals surface area contributed by atoms with Gasteiger partial charge < -0.3 is 4.52 Å². The van der Waals surface area contributed by atoms with Crippen molar-refractivity contribution in [3.05, 3.63) is 52.8 Å². The molecule has 2 aromatic carbocycles. The SMILES string of the molecule is Fc1ccccc1-c1onc2ccc(Br)cc12. The topological polar surface area (TPSA) is 26.0 Å². The van der Waals surface area contributed by atoms with E-state index in [1.807, 2.05) is 18.2 Å². The van der Waals surface area contributed by atoms with Gasteiger partial charge in [0, 0.05) is 4.47 Å². The third-order valence-corrected chi connectivity index (χ3v) is 3.05. The van der Waals surface area contributed by atoms with Crippen molar-refractivity contribution in [2.24, 2.45) is 0 Å². The second-order valence-corrected chi connectivity index (χ2v) is 4.57. The van der Waals surface area contributed by atoms with Gasteiger partial charge in [-0.2, -0.15) is 0 Å². The Morgan fingerprint density at radius 2 is 1.94 bits per heavy atom. The van der Waals surface area contributed by atoms with Crippen LogP contribution in [-0.2, 0) is 0 Å². The normalized spacial score (nSPS) is 10.9. The molecule has 0 fully saturated rings. The number of aromatic nitrogens is 1. The van der Waals surface area contributed by atoms with Crippen LogP contribution in [0.1, 0.15) is 0 Å². The molecule has 0 unspecified atom stereocenters. The number of hydrogen-bond acceptors (Lipinski definition) is 2. The fourth-order valence-electron chi connectivity index (χ4n) is 1.75. The molecule has 0 bridgehead atoms. The monoisotopic (exact) mass is 291 g/mol. The van der Waals surface area contributed by atoms with Crippen molar-refractivity contribution < 1.29 is 8.91 Å². The highest BCUT2D eigenvalue weighted by atomic mass is 79.9. The Bertz CT molecular complexity index is 693. The van der Waals surface area contributed by atoms with E-state index in [9.17, 15) is 4.39 Å². The van der Waals surface area contributed by atoms with Crippen LogP contribution >= 0.6 is 15.9 Å². The predicted octanol–water partition coefficient (Wildman–Crippen LogP) is 4.40. The summed E-state index contributed by atoms with van der Waals surface area (Å²) in [6.45, 7) is 0. The average molecular weight is 292 g/mol. The van der Waals surface area contributed by atoms with Crippen LogP contribution < -0.4 is 0 Å². The molecule has 0 spiro atoms. The summed E-state index contributed by atoms with van der Waals surface area (Å²) in [6, 6.07) is 12.1. The first-order valence-corrected chi connectivity index (χ1v) is 5.85. The molecule has 2 nitrogen and oxygen atoms in total. The molecule has 0 saturated carbocycles. The maximum atomic E-state index is 13.7. The molecule has 0 N–H and O–H groups in total. The summed E-state index contributed by atoms with van der Waals surface area (Å²) in [6.07, 6.45) is 0. The number of halogens is 2. The predicted molar refractivity (Wildman–Crippen MR) is 67.1 cm³/mol. The van der Waals surface area contributed by atoms with Gasteiger partial charge in [-0.15, -0.1) is 0 Å². The van der Waals surface area contributed by atoms with E-state index in [2.05, 4.69) is 21.1 Å². The minimum Gasteiger partial charge on any atom is -0.355 e. The highest BCUT2D eigenvalue weighted by Gasteiger charge is 2.14. The van der Waals surface area contributed by atoms with Crippen LogP contribution in [-0.4, -0.2) is 5.16 Å². The van der Waals surface area contributed by atoms with E-state index in [0.29, 0.717) is 16.8 Å². The Morgan fingerprint density at radius 3 is 2.76 bits per heavy atom. The molecule has 4 heteroatoms. The van der Waals surface area contributed by atoms with E-state index >= 15 is 0 Å². The van der Waals surface area contributed by atoms with Crippen LogP contribution in [0.3, 0.4) is 0 Å². The van der Waals surface area contributed by atoms with Gasteiger partial charge in [-0.3, -0.25) is 0 Å². The van der Waals surface area contributed by atoms with Crippen LogP contribution in [0.4, 0.5) is 4.39 Å². The lowest BCUT2D eigenvalue weighted by Crippen LogP contribution is -1.81. The third-order valence-electron chi connectivity index (χ3n) is 2.56. The van der Waals surface area contributed by atoms with E-state index in [-0.39, 0.29) is 5.82 Å². The van der Waals surface area contributed by atoms with Crippen LogP contribution in [0.2, 0.25) is 0 Å². The molecular formula is C13H7BrFNO. The van der Waals surface area contributed by atoms with Gasteiger partial charge in [0.1, 0.15) is 11.3 Å². The Morgan fingerprint density at radius 1 is 1.12 bits per heavy atom. The van der Waals surface area contributed by atoms with Gasteiger partial charge in [0.25, 0.3) is 0 Å². The van der Waals surface area contributed by atoms with Gasteiger partial charge in [0.2, 0.25) is 0 Å². The lowest BCUT2D eigenvalue weighted by Gasteiger charge is -1.98. The van der Waals surface area contributed by atoms with Crippen molar-refractivity contribution in [3.8, 4) is 11.3 Å². The first-order chi connectivity index (χ1) is 8.25. The molecule has 1 aromatic heterocycles. The minimum atomic E-state index is -0.314. The van der Waals surface area contributed by atoms with Gasteiger partial charge in [-0.1, -0.05) is 33.2 Å². The zero-order valence-electron chi connectivity index (χ0n) is 8.65. The van der Waals surface area contributed by atoms with Gasteiger partial charge in [-0.05, 0) is 30.3 Å². The summed E-state index contributed by atoms with van der Waals surface area (Å²) in [5.74, 6) is 0.143. The van der Waals surface area contributed by atoms with Gasteiger partial charge in [0.15, 0.2) is 5.76 Å². The van der Waals surface area contributed by atoms with Crippen molar-refractivity contribution in [1.29, 1.82) is 0 Å². The molecule has 0 radical (unpaired) electrons. The molecule has 0 aliphatic carbocycles. The highest BCUT2D eigenvalue weighted by molar-refractivity contribution is 9.10. The fraction of sp³-hybridized carbons (Fsp3) is 0. The standard InChI is InChI=1S/C13H7BrFNO/c14-8-5-6-12-10(7-8)13(17-16-12)9-3-1-2-4-11(9)15/h1-7H. The van der Waals surface area contributed by atoms with Crippen molar-refractivity contribution in [3.63, 3.8) is 0 Å². The highest BCUT2D eigenvalue weighted by Crippen LogP contribution is 2.31. The lowest BCUT2D eigenvalue weighted by atomic mass is 10.1. The molecule has 3 aromatic rings. The van der Waals surface area contributed by atoms with Crippen LogP contribution in [0.5, 0.6) is 0 Å². The molecule has 3 rings (SSSR count). The van der Waals surface area contributed by atoms with Crippen molar-refractivity contribution in [2.45, 2.75) is 0 Å². The Labute approximate surface area is 105 Å². The molecule has 0 aliphatic heterocycles. The number of hydrogen-bond donors (Lipinski definition) is 0. The average Bonchev–Trinajstić information content (AvgIpc) is 2.72. The molecule has 1 heterocycles. The summed E-state index contributed by atoms with van der Waals surface area (Å²) in [7, 11) is 0. The maximum Gasteiger partial charge on any atom is 0.177 e. The van der Waals surface area contributed by atoms with E-state index < -0.39 is 0 Å². The van der Waals surface area contributed by atoms with E-state index in [1.54, 1.807) is 18.2 Å². The zero-order chi connectivity index (χ0) is 11.8. The molecule has 84 valence electrons. The summed E-state index contributed by atoms with van der Waals surface area (Å²) < 4.78 is 19.8. The summed E-state index contributed by atoms with van der Waals surface area (Å²) in [4.78, 5) is 0. The van der Waals surface area contributed by atoms with E-state index in [0.717, 1.165) is 9.86 Å².